The highest BCUT2D eigenvalue weighted by atomic mass is 16.7. The van der Waals surface area contributed by atoms with Gasteiger partial charge in [-0.05, 0) is 17.7 Å². The van der Waals surface area contributed by atoms with E-state index < -0.39 is 0 Å². The van der Waals surface area contributed by atoms with Gasteiger partial charge in [-0.3, -0.25) is 4.98 Å². The third-order valence-electron chi connectivity index (χ3n) is 1.16. The van der Waals surface area contributed by atoms with Gasteiger partial charge < -0.3 is 9.47 Å². The fourth-order valence-corrected chi connectivity index (χ4v) is 0.677. The van der Waals surface area contributed by atoms with Crippen LogP contribution in [0.4, 0.5) is 0 Å². The Kier molecular flexibility index (Phi) is 3.58. The zero-order valence-corrected chi connectivity index (χ0v) is 6.41. The zero-order valence-electron chi connectivity index (χ0n) is 6.41. The van der Waals surface area contributed by atoms with Crippen molar-refractivity contribution in [3.63, 3.8) is 0 Å². The SMILES string of the molecule is COCOCc1c[c]ncc1. The lowest BCUT2D eigenvalue weighted by atomic mass is 10.3. The number of ether oxygens (including phenoxy) is 2. The van der Waals surface area contributed by atoms with Crippen molar-refractivity contribution in [2.24, 2.45) is 0 Å². The third kappa shape index (κ3) is 3.11. The first-order chi connectivity index (χ1) is 5.43. The summed E-state index contributed by atoms with van der Waals surface area (Å²) in [6.45, 7) is 0.870. The molecule has 3 heteroatoms. The van der Waals surface area contributed by atoms with Crippen molar-refractivity contribution in [3.8, 4) is 0 Å². The van der Waals surface area contributed by atoms with Crippen molar-refractivity contribution in [2.75, 3.05) is 13.9 Å². The molecule has 1 rings (SSSR count). The fraction of sp³-hybridized carbons (Fsp3) is 0.375. The maximum Gasteiger partial charge on any atom is 0.146 e. The molecular formula is C8H10NO2. The standard InChI is InChI=1S/C8H10NO2/c1-10-7-11-6-8-2-4-9-5-3-8/h2-4H,6-7H2,1H3. The molecule has 0 atom stereocenters. The second-order valence-electron chi connectivity index (χ2n) is 2.05. The van der Waals surface area contributed by atoms with Crippen molar-refractivity contribution in [1.29, 1.82) is 0 Å². The zero-order chi connectivity index (χ0) is 7.94. The maximum absolute atomic E-state index is 5.10. The summed E-state index contributed by atoms with van der Waals surface area (Å²) in [5.74, 6) is 0. The number of hydrogen-bond acceptors (Lipinski definition) is 3. The molecule has 0 saturated carbocycles. The molecule has 0 aliphatic carbocycles. The Labute approximate surface area is 66.0 Å². The summed E-state index contributed by atoms with van der Waals surface area (Å²) in [6.07, 6.45) is 4.40. The number of methoxy groups -OCH3 is 1. The Bertz CT molecular complexity index is 189. The van der Waals surface area contributed by atoms with E-state index in [9.17, 15) is 0 Å². The molecule has 0 amide bonds. The Morgan fingerprint density at radius 3 is 3.18 bits per heavy atom. The third-order valence-corrected chi connectivity index (χ3v) is 1.16. The number of nitrogens with zero attached hydrogens (tertiary/aromatic N) is 1. The van der Waals surface area contributed by atoms with Crippen molar-refractivity contribution >= 4 is 0 Å². The number of aromatic nitrogens is 1. The minimum absolute atomic E-state index is 0.322. The van der Waals surface area contributed by atoms with Gasteiger partial charge in [-0.15, -0.1) is 0 Å². The summed E-state index contributed by atoms with van der Waals surface area (Å²) in [6, 6.07) is 3.67. The van der Waals surface area contributed by atoms with E-state index in [1.165, 1.54) is 0 Å². The second kappa shape index (κ2) is 4.82. The van der Waals surface area contributed by atoms with E-state index in [-0.39, 0.29) is 0 Å². The highest BCUT2D eigenvalue weighted by Crippen LogP contribution is 1.97. The van der Waals surface area contributed by atoms with Gasteiger partial charge in [0, 0.05) is 13.3 Å². The van der Waals surface area contributed by atoms with Gasteiger partial charge in [-0.25, -0.2) is 0 Å². The van der Waals surface area contributed by atoms with Crippen LogP contribution >= 0.6 is 0 Å². The van der Waals surface area contributed by atoms with E-state index in [0.717, 1.165) is 5.56 Å². The van der Waals surface area contributed by atoms with Gasteiger partial charge in [-0.1, -0.05) is 0 Å². The van der Waals surface area contributed by atoms with Crippen LogP contribution in [0, 0.1) is 6.20 Å². The van der Waals surface area contributed by atoms with E-state index in [4.69, 9.17) is 9.47 Å². The highest BCUT2D eigenvalue weighted by Gasteiger charge is 1.89. The molecule has 59 valence electrons. The lowest BCUT2D eigenvalue weighted by Gasteiger charge is -2.00. The molecule has 11 heavy (non-hydrogen) atoms. The van der Waals surface area contributed by atoms with Crippen molar-refractivity contribution < 1.29 is 9.47 Å². The molecule has 3 nitrogen and oxygen atoms in total. The molecule has 0 saturated heterocycles. The smallest absolute Gasteiger partial charge is 0.146 e. The largest absolute Gasteiger partial charge is 0.359 e. The molecule has 1 heterocycles. The van der Waals surface area contributed by atoms with Crippen LogP contribution in [-0.4, -0.2) is 18.9 Å². The van der Waals surface area contributed by atoms with E-state index in [2.05, 4.69) is 11.2 Å². The van der Waals surface area contributed by atoms with Crippen LogP contribution in [0.25, 0.3) is 0 Å². The fourth-order valence-electron chi connectivity index (χ4n) is 0.677. The molecule has 1 aromatic rings. The summed E-state index contributed by atoms with van der Waals surface area (Å²) >= 11 is 0. The van der Waals surface area contributed by atoms with Crippen LogP contribution in [0.5, 0.6) is 0 Å². The minimum atomic E-state index is 0.322. The summed E-state index contributed by atoms with van der Waals surface area (Å²) in [4.78, 5) is 3.76. The Morgan fingerprint density at radius 2 is 2.55 bits per heavy atom. The second-order valence-corrected chi connectivity index (χ2v) is 2.05. The van der Waals surface area contributed by atoms with Crippen molar-refractivity contribution in [2.45, 2.75) is 6.61 Å². The summed E-state index contributed by atoms with van der Waals surface area (Å²) in [5.41, 5.74) is 1.05. The molecule has 0 aromatic carbocycles. The van der Waals surface area contributed by atoms with Gasteiger partial charge in [0.1, 0.15) is 6.79 Å². The van der Waals surface area contributed by atoms with Crippen molar-refractivity contribution in [1.82, 2.24) is 4.98 Å². The Morgan fingerprint density at radius 1 is 1.64 bits per heavy atom. The summed E-state index contributed by atoms with van der Waals surface area (Å²) < 4.78 is 9.81. The Balaban J connectivity index is 2.28. The molecule has 1 aromatic heterocycles. The van der Waals surface area contributed by atoms with Crippen LogP contribution in [0.15, 0.2) is 18.3 Å². The quantitative estimate of drug-likeness (QED) is 0.476. The van der Waals surface area contributed by atoms with Gasteiger partial charge in [0.25, 0.3) is 0 Å². The van der Waals surface area contributed by atoms with Crippen LogP contribution in [0.1, 0.15) is 5.56 Å². The lowest BCUT2D eigenvalue weighted by molar-refractivity contribution is -0.0390. The van der Waals surface area contributed by atoms with E-state index in [0.29, 0.717) is 13.4 Å². The normalized spacial score (nSPS) is 9.91. The van der Waals surface area contributed by atoms with Gasteiger partial charge >= 0.3 is 0 Å². The van der Waals surface area contributed by atoms with Crippen molar-refractivity contribution in [3.05, 3.63) is 30.1 Å². The summed E-state index contributed by atoms with van der Waals surface area (Å²) in [7, 11) is 1.60. The van der Waals surface area contributed by atoms with Crippen LogP contribution < -0.4 is 0 Å². The molecule has 0 unspecified atom stereocenters. The molecule has 0 fully saturated rings. The van der Waals surface area contributed by atoms with E-state index in [1.54, 1.807) is 19.4 Å². The molecule has 1 radical (unpaired) electrons. The molecule has 0 aliphatic rings. The molecular weight excluding hydrogens is 142 g/mol. The lowest BCUT2D eigenvalue weighted by Crippen LogP contribution is -1.96. The van der Waals surface area contributed by atoms with E-state index >= 15 is 0 Å². The van der Waals surface area contributed by atoms with Gasteiger partial charge in [0.15, 0.2) is 0 Å². The molecule has 0 N–H and O–H groups in total. The molecule has 0 aliphatic heterocycles. The minimum Gasteiger partial charge on any atom is -0.359 e. The molecule has 0 bridgehead atoms. The first kappa shape index (κ1) is 8.17. The van der Waals surface area contributed by atoms with Gasteiger partial charge in [0.2, 0.25) is 0 Å². The summed E-state index contributed by atoms with van der Waals surface area (Å²) in [5, 5.41) is 0. The predicted octanol–water partition coefficient (Wildman–Crippen LogP) is 1.00. The first-order valence-electron chi connectivity index (χ1n) is 3.31. The Hall–Kier alpha value is -0.930. The number of hydrogen-bond donors (Lipinski definition) is 0. The van der Waals surface area contributed by atoms with Crippen LogP contribution in [0.3, 0.4) is 0 Å². The number of rotatable bonds is 4. The monoisotopic (exact) mass is 152 g/mol. The maximum atomic E-state index is 5.10. The molecule has 0 spiro atoms. The van der Waals surface area contributed by atoms with Gasteiger partial charge in [0.05, 0.1) is 12.8 Å². The topological polar surface area (TPSA) is 31.4 Å². The average Bonchev–Trinajstić information content (AvgIpc) is 2.07. The van der Waals surface area contributed by atoms with Gasteiger partial charge in [-0.2, -0.15) is 0 Å². The first-order valence-corrected chi connectivity index (χ1v) is 3.31. The number of pyridine rings is 1. The highest BCUT2D eigenvalue weighted by molar-refractivity contribution is 5.06. The van der Waals surface area contributed by atoms with E-state index in [1.807, 2.05) is 6.07 Å². The van der Waals surface area contributed by atoms with Crippen LogP contribution in [-0.2, 0) is 16.1 Å². The van der Waals surface area contributed by atoms with Crippen LogP contribution in [0.2, 0.25) is 0 Å². The predicted molar refractivity (Wildman–Crippen MR) is 39.7 cm³/mol. The average molecular weight is 152 g/mol.